The molecular formula is C16H14Cl2N2O3S. The molecule has 0 unspecified atom stereocenters. The fourth-order valence-electron chi connectivity index (χ4n) is 1.83. The fourth-order valence-corrected chi connectivity index (χ4v) is 3.42. The highest BCUT2D eigenvalue weighted by molar-refractivity contribution is 7.92. The SMILES string of the molecule is C=CCNC(=O)c1ccc(S(=O)(=O)Nc2ccc(Cl)cc2Cl)cc1. The summed E-state index contributed by atoms with van der Waals surface area (Å²) in [5, 5.41) is 3.19. The van der Waals surface area contributed by atoms with Crippen molar-refractivity contribution in [2.24, 2.45) is 0 Å². The number of carbonyl (C=O) groups is 1. The van der Waals surface area contributed by atoms with Crippen molar-refractivity contribution in [1.29, 1.82) is 0 Å². The van der Waals surface area contributed by atoms with Gasteiger partial charge in [-0.1, -0.05) is 29.3 Å². The first-order valence-electron chi connectivity index (χ1n) is 6.80. The average Bonchev–Trinajstić information content (AvgIpc) is 2.55. The van der Waals surface area contributed by atoms with Gasteiger partial charge in [-0.2, -0.15) is 0 Å². The lowest BCUT2D eigenvalue weighted by Crippen LogP contribution is -2.23. The lowest BCUT2D eigenvalue weighted by atomic mass is 10.2. The summed E-state index contributed by atoms with van der Waals surface area (Å²) in [6, 6.07) is 9.97. The molecule has 0 aliphatic carbocycles. The molecule has 126 valence electrons. The third kappa shape index (κ3) is 4.50. The van der Waals surface area contributed by atoms with Gasteiger partial charge in [0, 0.05) is 17.1 Å². The van der Waals surface area contributed by atoms with Crippen molar-refractivity contribution < 1.29 is 13.2 Å². The first-order valence-corrected chi connectivity index (χ1v) is 9.04. The number of hydrogen-bond donors (Lipinski definition) is 2. The molecule has 0 radical (unpaired) electrons. The first-order chi connectivity index (χ1) is 11.3. The number of sulfonamides is 1. The molecule has 0 saturated heterocycles. The second kappa shape index (κ2) is 7.70. The monoisotopic (exact) mass is 384 g/mol. The Balaban J connectivity index is 2.20. The minimum absolute atomic E-state index is 0.00814. The molecule has 0 aromatic heterocycles. The Morgan fingerprint density at radius 1 is 1.12 bits per heavy atom. The molecular weight excluding hydrogens is 371 g/mol. The van der Waals surface area contributed by atoms with E-state index in [9.17, 15) is 13.2 Å². The molecule has 0 bridgehead atoms. The summed E-state index contributed by atoms with van der Waals surface area (Å²) in [6.07, 6.45) is 1.55. The maximum Gasteiger partial charge on any atom is 0.261 e. The van der Waals surface area contributed by atoms with E-state index in [0.29, 0.717) is 17.1 Å². The number of benzene rings is 2. The van der Waals surface area contributed by atoms with E-state index in [1.54, 1.807) is 6.08 Å². The van der Waals surface area contributed by atoms with Crippen LogP contribution in [0.25, 0.3) is 0 Å². The Morgan fingerprint density at radius 3 is 2.38 bits per heavy atom. The van der Waals surface area contributed by atoms with E-state index in [1.165, 1.54) is 42.5 Å². The van der Waals surface area contributed by atoms with Crippen molar-refractivity contribution in [3.05, 3.63) is 70.7 Å². The van der Waals surface area contributed by atoms with Crippen LogP contribution in [0.5, 0.6) is 0 Å². The molecule has 1 amide bonds. The van der Waals surface area contributed by atoms with Crippen molar-refractivity contribution in [2.75, 3.05) is 11.3 Å². The van der Waals surface area contributed by atoms with Crippen molar-refractivity contribution in [3.8, 4) is 0 Å². The van der Waals surface area contributed by atoms with Crippen LogP contribution in [0.3, 0.4) is 0 Å². The molecule has 0 aliphatic heterocycles. The number of halogens is 2. The summed E-state index contributed by atoms with van der Waals surface area (Å²) in [6.45, 7) is 3.83. The van der Waals surface area contributed by atoms with Gasteiger partial charge in [-0.25, -0.2) is 8.42 Å². The number of anilines is 1. The summed E-state index contributed by atoms with van der Waals surface area (Å²) >= 11 is 11.7. The number of rotatable bonds is 6. The first kappa shape index (κ1) is 18.3. The second-order valence-corrected chi connectivity index (χ2v) is 7.28. The van der Waals surface area contributed by atoms with E-state index in [0.717, 1.165) is 0 Å². The van der Waals surface area contributed by atoms with Gasteiger partial charge in [-0.3, -0.25) is 9.52 Å². The molecule has 2 aromatic carbocycles. The Bertz CT molecular complexity index is 865. The standard InChI is InChI=1S/C16H14Cl2N2O3S/c1-2-9-19-16(21)11-3-6-13(7-4-11)24(22,23)20-15-8-5-12(17)10-14(15)18/h2-8,10,20H,1,9H2,(H,19,21). The molecule has 0 saturated carbocycles. The summed E-state index contributed by atoms with van der Waals surface area (Å²) in [5.74, 6) is -0.312. The normalized spacial score (nSPS) is 10.9. The second-order valence-electron chi connectivity index (χ2n) is 4.75. The van der Waals surface area contributed by atoms with E-state index in [-0.39, 0.29) is 21.5 Å². The fraction of sp³-hybridized carbons (Fsp3) is 0.0625. The van der Waals surface area contributed by atoms with Gasteiger partial charge in [0.1, 0.15) is 0 Å². The van der Waals surface area contributed by atoms with Gasteiger partial charge in [0.15, 0.2) is 0 Å². The molecule has 0 heterocycles. The molecule has 2 rings (SSSR count). The molecule has 8 heteroatoms. The van der Waals surface area contributed by atoms with Crippen molar-refractivity contribution >= 4 is 44.8 Å². The smallest absolute Gasteiger partial charge is 0.261 e. The van der Waals surface area contributed by atoms with Crippen LogP contribution in [0.15, 0.2) is 60.0 Å². The maximum absolute atomic E-state index is 12.4. The van der Waals surface area contributed by atoms with E-state index in [2.05, 4.69) is 16.6 Å². The molecule has 0 aliphatic rings. The van der Waals surface area contributed by atoms with Gasteiger partial charge in [-0.05, 0) is 42.5 Å². The van der Waals surface area contributed by atoms with Crippen LogP contribution < -0.4 is 10.0 Å². The van der Waals surface area contributed by atoms with Gasteiger partial charge in [-0.15, -0.1) is 6.58 Å². The Hall–Kier alpha value is -2.02. The molecule has 24 heavy (non-hydrogen) atoms. The maximum atomic E-state index is 12.4. The molecule has 5 nitrogen and oxygen atoms in total. The minimum atomic E-state index is -3.83. The highest BCUT2D eigenvalue weighted by atomic mass is 35.5. The lowest BCUT2D eigenvalue weighted by molar-refractivity contribution is 0.0958. The predicted molar refractivity (Wildman–Crippen MR) is 96.2 cm³/mol. The van der Waals surface area contributed by atoms with Crippen LogP contribution in [0, 0.1) is 0 Å². The number of nitrogens with one attached hydrogen (secondary N) is 2. The third-order valence-electron chi connectivity index (χ3n) is 3.01. The highest BCUT2D eigenvalue weighted by Gasteiger charge is 2.16. The third-order valence-corrected chi connectivity index (χ3v) is 4.94. The summed E-state index contributed by atoms with van der Waals surface area (Å²) in [5.41, 5.74) is 0.564. The van der Waals surface area contributed by atoms with Crippen LogP contribution in [-0.4, -0.2) is 20.9 Å². The topological polar surface area (TPSA) is 75.3 Å². The Kier molecular flexibility index (Phi) is 5.88. The Labute approximate surface area is 150 Å². The quantitative estimate of drug-likeness (QED) is 0.745. The van der Waals surface area contributed by atoms with Crippen LogP contribution in [0.1, 0.15) is 10.4 Å². The van der Waals surface area contributed by atoms with Gasteiger partial charge in [0.05, 0.1) is 15.6 Å². The molecule has 0 atom stereocenters. The van der Waals surface area contributed by atoms with Gasteiger partial charge in [0.25, 0.3) is 15.9 Å². The molecule has 0 spiro atoms. The van der Waals surface area contributed by atoms with Crippen LogP contribution in [0.4, 0.5) is 5.69 Å². The summed E-state index contributed by atoms with van der Waals surface area (Å²) < 4.78 is 27.1. The van der Waals surface area contributed by atoms with Crippen molar-refractivity contribution in [2.45, 2.75) is 4.90 Å². The molecule has 2 aromatic rings. The minimum Gasteiger partial charge on any atom is -0.349 e. The predicted octanol–water partition coefficient (Wildman–Crippen LogP) is 3.71. The number of carbonyl (C=O) groups excluding carboxylic acids is 1. The van der Waals surface area contributed by atoms with Crippen molar-refractivity contribution in [1.82, 2.24) is 5.32 Å². The summed E-state index contributed by atoms with van der Waals surface area (Å²) in [7, 11) is -3.83. The van der Waals surface area contributed by atoms with E-state index >= 15 is 0 Å². The van der Waals surface area contributed by atoms with Gasteiger partial charge >= 0.3 is 0 Å². The zero-order chi connectivity index (χ0) is 17.7. The Morgan fingerprint density at radius 2 is 1.79 bits per heavy atom. The number of hydrogen-bond acceptors (Lipinski definition) is 3. The van der Waals surface area contributed by atoms with E-state index in [4.69, 9.17) is 23.2 Å². The van der Waals surface area contributed by atoms with Gasteiger partial charge < -0.3 is 5.32 Å². The van der Waals surface area contributed by atoms with Crippen LogP contribution in [0.2, 0.25) is 10.0 Å². The summed E-state index contributed by atoms with van der Waals surface area (Å²) in [4.78, 5) is 11.8. The number of amides is 1. The molecule has 2 N–H and O–H groups in total. The highest BCUT2D eigenvalue weighted by Crippen LogP contribution is 2.27. The van der Waals surface area contributed by atoms with Crippen molar-refractivity contribution in [3.63, 3.8) is 0 Å². The van der Waals surface area contributed by atoms with Crippen LogP contribution >= 0.6 is 23.2 Å². The van der Waals surface area contributed by atoms with E-state index < -0.39 is 10.0 Å². The average molecular weight is 385 g/mol. The van der Waals surface area contributed by atoms with E-state index in [1.807, 2.05) is 0 Å². The zero-order valence-electron chi connectivity index (χ0n) is 12.4. The van der Waals surface area contributed by atoms with Gasteiger partial charge in [0.2, 0.25) is 0 Å². The largest absolute Gasteiger partial charge is 0.349 e. The zero-order valence-corrected chi connectivity index (χ0v) is 14.8. The van der Waals surface area contributed by atoms with Crippen LogP contribution in [-0.2, 0) is 10.0 Å². The lowest BCUT2D eigenvalue weighted by Gasteiger charge is -2.10. The molecule has 0 fully saturated rings.